The minimum absolute atomic E-state index is 0.0351. The van der Waals surface area contributed by atoms with Crippen LogP contribution in [0.4, 0.5) is 0 Å². The maximum Gasteiger partial charge on any atom is 0.251 e. The highest BCUT2D eigenvalue weighted by atomic mass is 16.2. The molecule has 1 rings (SSSR count). The fraction of sp³-hybridized carbons (Fsp3) is 0.727. The van der Waals surface area contributed by atoms with Crippen LogP contribution in [0.25, 0.3) is 0 Å². The molecule has 0 aromatic heterocycles. The first-order valence-corrected chi connectivity index (χ1v) is 5.77. The number of hydrogen-bond acceptors (Lipinski definition) is 4. The number of piperidine rings is 1. The van der Waals surface area contributed by atoms with E-state index in [4.69, 9.17) is 5.73 Å². The molecule has 6 nitrogen and oxygen atoms in total. The maximum atomic E-state index is 11.7. The van der Waals surface area contributed by atoms with Crippen molar-refractivity contribution in [1.29, 1.82) is 0 Å². The number of nitrogens with zero attached hydrogens (tertiary/aromatic N) is 1. The summed E-state index contributed by atoms with van der Waals surface area (Å²) in [6, 6.07) is -0.606. The molecule has 0 saturated carbocycles. The molecular formula is C11H19N3O3. The van der Waals surface area contributed by atoms with Gasteiger partial charge >= 0.3 is 0 Å². The number of imide groups is 1. The third-order valence-corrected chi connectivity index (χ3v) is 2.81. The van der Waals surface area contributed by atoms with E-state index in [9.17, 15) is 14.4 Å². The quantitative estimate of drug-likeness (QED) is 0.641. The predicted molar refractivity (Wildman–Crippen MR) is 61.8 cm³/mol. The number of carbonyl (C=O) groups is 3. The van der Waals surface area contributed by atoms with Crippen molar-refractivity contribution in [3.63, 3.8) is 0 Å². The van der Waals surface area contributed by atoms with Crippen LogP contribution < -0.4 is 11.1 Å². The molecule has 1 aliphatic rings. The molecule has 2 atom stereocenters. The van der Waals surface area contributed by atoms with Gasteiger partial charge in [0.15, 0.2) is 0 Å². The molecule has 6 heteroatoms. The number of rotatable bonds is 4. The van der Waals surface area contributed by atoms with Gasteiger partial charge in [-0.1, -0.05) is 0 Å². The molecule has 0 aromatic rings. The topological polar surface area (TPSA) is 92.5 Å². The van der Waals surface area contributed by atoms with Crippen molar-refractivity contribution in [3.8, 4) is 0 Å². The van der Waals surface area contributed by atoms with Crippen LogP contribution in [0.2, 0.25) is 0 Å². The average Bonchev–Trinajstić information content (AvgIpc) is 2.27. The monoisotopic (exact) mass is 241 g/mol. The normalized spacial score (nSPS) is 22.5. The van der Waals surface area contributed by atoms with E-state index < -0.39 is 6.04 Å². The zero-order chi connectivity index (χ0) is 13.0. The van der Waals surface area contributed by atoms with Gasteiger partial charge in [0.05, 0.1) is 0 Å². The minimum atomic E-state index is -0.571. The van der Waals surface area contributed by atoms with Gasteiger partial charge in [0.25, 0.3) is 5.91 Å². The molecule has 0 bridgehead atoms. The van der Waals surface area contributed by atoms with Gasteiger partial charge in [-0.05, 0) is 19.8 Å². The Morgan fingerprint density at radius 2 is 2.24 bits per heavy atom. The van der Waals surface area contributed by atoms with Crippen molar-refractivity contribution < 1.29 is 14.4 Å². The van der Waals surface area contributed by atoms with E-state index in [-0.39, 0.29) is 23.8 Å². The zero-order valence-electron chi connectivity index (χ0n) is 10.2. The van der Waals surface area contributed by atoms with E-state index in [2.05, 4.69) is 5.32 Å². The number of carbonyl (C=O) groups excluding carboxylic acids is 3. The Balaban J connectivity index is 2.44. The molecule has 1 fully saturated rings. The molecule has 2 unspecified atom stereocenters. The molecule has 0 spiro atoms. The average molecular weight is 241 g/mol. The first-order valence-electron chi connectivity index (χ1n) is 5.77. The van der Waals surface area contributed by atoms with Crippen molar-refractivity contribution in [2.45, 2.75) is 44.7 Å². The minimum Gasteiger partial charge on any atom is -0.344 e. The summed E-state index contributed by atoms with van der Waals surface area (Å²) < 4.78 is 0. The Morgan fingerprint density at radius 1 is 1.59 bits per heavy atom. The molecule has 1 saturated heterocycles. The highest BCUT2D eigenvalue weighted by Gasteiger charge is 2.32. The van der Waals surface area contributed by atoms with E-state index in [1.54, 1.807) is 0 Å². The van der Waals surface area contributed by atoms with Crippen LogP contribution in [0, 0.1) is 0 Å². The lowest BCUT2D eigenvalue weighted by Crippen LogP contribution is -2.52. The third-order valence-electron chi connectivity index (χ3n) is 2.81. The van der Waals surface area contributed by atoms with Crippen molar-refractivity contribution in [2.75, 3.05) is 7.05 Å². The van der Waals surface area contributed by atoms with E-state index in [0.717, 1.165) is 4.90 Å². The van der Waals surface area contributed by atoms with Crippen LogP contribution in [0.15, 0.2) is 0 Å². The Morgan fingerprint density at radius 3 is 2.82 bits per heavy atom. The summed E-state index contributed by atoms with van der Waals surface area (Å²) in [5.41, 5.74) is 5.54. The number of likely N-dealkylation sites (tertiary alicyclic amines) is 1. The molecule has 1 heterocycles. The number of nitrogens with one attached hydrogen (secondary N) is 1. The summed E-state index contributed by atoms with van der Waals surface area (Å²) in [5.74, 6) is -0.727. The van der Waals surface area contributed by atoms with Crippen molar-refractivity contribution >= 4 is 17.7 Å². The van der Waals surface area contributed by atoms with Crippen LogP contribution in [0.3, 0.4) is 0 Å². The molecule has 3 N–H and O–H groups in total. The van der Waals surface area contributed by atoms with Gasteiger partial charge in [-0.15, -0.1) is 0 Å². The van der Waals surface area contributed by atoms with Crippen molar-refractivity contribution in [3.05, 3.63) is 0 Å². The maximum absolute atomic E-state index is 11.7. The molecule has 0 radical (unpaired) electrons. The second kappa shape index (κ2) is 5.77. The van der Waals surface area contributed by atoms with Crippen LogP contribution in [0.1, 0.15) is 32.6 Å². The van der Waals surface area contributed by atoms with Gasteiger partial charge in [-0.25, -0.2) is 0 Å². The lowest BCUT2D eigenvalue weighted by Gasteiger charge is -2.28. The first kappa shape index (κ1) is 13.6. The number of likely N-dealkylation sites (N-methyl/N-ethyl adjacent to an activating group) is 1. The highest BCUT2D eigenvalue weighted by molar-refractivity contribution is 6.01. The summed E-state index contributed by atoms with van der Waals surface area (Å²) in [7, 11) is 1.44. The van der Waals surface area contributed by atoms with E-state index in [1.807, 2.05) is 6.92 Å². The van der Waals surface area contributed by atoms with Crippen LogP contribution >= 0.6 is 0 Å². The molecule has 3 amide bonds. The van der Waals surface area contributed by atoms with E-state index >= 15 is 0 Å². The van der Waals surface area contributed by atoms with Crippen LogP contribution in [-0.4, -0.2) is 41.8 Å². The van der Waals surface area contributed by atoms with Crippen molar-refractivity contribution in [2.24, 2.45) is 5.73 Å². The smallest absolute Gasteiger partial charge is 0.251 e. The molecule has 96 valence electrons. The van der Waals surface area contributed by atoms with Gasteiger partial charge in [0.2, 0.25) is 11.8 Å². The van der Waals surface area contributed by atoms with Crippen LogP contribution in [-0.2, 0) is 14.4 Å². The zero-order valence-corrected chi connectivity index (χ0v) is 10.2. The number of nitrogens with two attached hydrogens (primary N) is 1. The van der Waals surface area contributed by atoms with Gasteiger partial charge in [-0.3, -0.25) is 19.3 Å². The van der Waals surface area contributed by atoms with E-state index in [0.29, 0.717) is 25.7 Å². The molecular weight excluding hydrogens is 222 g/mol. The molecule has 1 aliphatic heterocycles. The fourth-order valence-corrected chi connectivity index (χ4v) is 1.67. The third kappa shape index (κ3) is 3.81. The lowest BCUT2D eigenvalue weighted by molar-refractivity contribution is -0.149. The number of amides is 3. The second-order valence-electron chi connectivity index (χ2n) is 4.47. The summed E-state index contributed by atoms with van der Waals surface area (Å²) in [6.07, 6.45) is 1.56. The summed E-state index contributed by atoms with van der Waals surface area (Å²) in [6.45, 7) is 1.82. The first-order chi connectivity index (χ1) is 7.91. The highest BCUT2D eigenvalue weighted by Crippen LogP contribution is 2.11. The Labute approximate surface area is 101 Å². The molecule has 0 aliphatic carbocycles. The Hall–Kier alpha value is -1.43. The van der Waals surface area contributed by atoms with Crippen LogP contribution in [0.5, 0.6) is 0 Å². The van der Waals surface area contributed by atoms with Crippen molar-refractivity contribution in [1.82, 2.24) is 10.2 Å². The van der Waals surface area contributed by atoms with Gasteiger partial charge in [0, 0.05) is 25.9 Å². The predicted octanol–water partition coefficient (Wildman–Crippen LogP) is -0.623. The second-order valence-corrected chi connectivity index (χ2v) is 4.47. The van der Waals surface area contributed by atoms with Gasteiger partial charge in [0.1, 0.15) is 6.04 Å². The largest absolute Gasteiger partial charge is 0.344 e. The summed E-state index contributed by atoms with van der Waals surface area (Å²) >= 11 is 0. The Bertz CT molecular complexity index is 328. The number of hydrogen-bond donors (Lipinski definition) is 2. The van der Waals surface area contributed by atoms with E-state index in [1.165, 1.54) is 7.05 Å². The Kier molecular flexibility index (Phi) is 4.62. The SMILES string of the molecule is CC(N)CCC(=O)NC1CCC(=O)N(C)C1=O. The molecule has 17 heavy (non-hydrogen) atoms. The summed E-state index contributed by atoms with van der Waals surface area (Å²) in [4.78, 5) is 35.5. The lowest BCUT2D eigenvalue weighted by atomic mass is 10.0. The van der Waals surface area contributed by atoms with Gasteiger partial charge < -0.3 is 11.1 Å². The summed E-state index contributed by atoms with van der Waals surface area (Å²) in [5, 5.41) is 2.64. The fourth-order valence-electron chi connectivity index (χ4n) is 1.67. The van der Waals surface area contributed by atoms with Gasteiger partial charge in [-0.2, -0.15) is 0 Å². The molecule has 0 aromatic carbocycles. The standard InChI is InChI=1S/C11H19N3O3/c1-7(12)3-5-9(15)13-8-4-6-10(16)14(2)11(8)17/h7-8H,3-6,12H2,1-2H3,(H,13,15).